The van der Waals surface area contributed by atoms with Crippen molar-refractivity contribution in [3.63, 3.8) is 0 Å². The second kappa shape index (κ2) is 7.76. The molecule has 104 valence electrons. The van der Waals surface area contributed by atoms with Crippen molar-refractivity contribution in [3.05, 3.63) is 41.8 Å². The van der Waals surface area contributed by atoms with Crippen molar-refractivity contribution in [2.45, 2.75) is 39.2 Å². The quantitative estimate of drug-likeness (QED) is 0.620. The molecule has 0 saturated carbocycles. The van der Waals surface area contributed by atoms with Gasteiger partial charge in [0.25, 0.3) is 0 Å². The SMILES string of the molecule is CCCNC(Cc1ccc(CC)s1)c1csc(I)c1. The zero-order valence-corrected chi connectivity index (χ0v) is 15.2. The van der Waals surface area contributed by atoms with Gasteiger partial charge in [-0.3, -0.25) is 0 Å². The number of aryl methyl sites for hydroxylation is 1. The van der Waals surface area contributed by atoms with Gasteiger partial charge in [-0.2, -0.15) is 0 Å². The summed E-state index contributed by atoms with van der Waals surface area (Å²) in [6.45, 7) is 5.54. The third-order valence-corrected chi connectivity index (χ3v) is 6.16. The van der Waals surface area contributed by atoms with Crippen molar-refractivity contribution < 1.29 is 0 Å². The summed E-state index contributed by atoms with van der Waals surface area (Å²) in [5.41, 5.74) is 1.44. The third kappa shape index (κ3) is 4.55. The lowest BCUT2D eigenvalue weighted by molar-refractivity contribution is 0.533. The Morgan fingerprint density at radius 1 is 1.26 bits per heavy atom. The predicted octanol–water partition coefficient (Wildman–Crippen LogP) is 5.26. The summed E-state index contributed by atoms with van der Waals surface area (Å²) >= 11 is 6.20. The summed E-state index contributed by atoms with van der Waals surface area (Å²) in [4.78, 5) is 2.98. The first kappa shape index (κ1) is 15.5. The van der Waals surface area contributed by atoms with Crippen LogP contribution >= 0.6 is 45.3 Å². The fraction of sp³-hybridized carbons (Fsp3) is 0.467. The van der Waals surface area contributed by atoms with Crippen molar-refractivity contribution in [2.75, 3.05) is 6.54 Å². The van der Waals surface area contributed by atoms with E-state index in [-0.39, 0.29) is 0 Å². The Bertz CT molecular complexity index is 504. The van der Waals surface area contributed by atoms with E-state index in [9.17, 15) is 0 Å². The fourth-order valence-corrected chi connectivity index (χ4v) is 4.49. The summed E-state index contributed by atoms with van der Waals surface area (Å²) in [6.07, 6.45) is 3.44. The van der Waals surface area contributed by atoms with Crippen molar-refractivity contribution in [1.82, 2.24) is 5.32 Å². The normalized spacial score (nSPS) is 12.8. The van der Waals surface area contributed by atoms with Crippen LogP contribution in [0, 0.1) is 2.88 Å². The van der Waals surface area contributed by atoms with E-state index >= 15 is 0 Å². The maximum absolute atomic E-state index is 3.68. The zero-order chi connectivity index (χ0) is 13.7. The minimum absolute atomic E-state index is 0.461. The van der Waals surface area contributed by atoms with E-state index in [0.29, 0.717) is 6.04 Å². The summed E-state index contributed by atoms with van der Waals surface area (Å²) in [6, 6.07) is 7.34. The first-order valence-electron chi connectivity index (χ1n) is 6.77. The van der Waals surface area contributed by atoms with Crippen LogP contribution in [0.5, 0.6) is 0 Å². The van der Waals surface area contributed by atoms with Gasteiger partial charge in [0.2, 0.25) is 0 Å². The van der Waals surface area contributed by atoms with Crippen molar-refractivity contribution >= 4 is 45.3 Å². The van der Waals surface area contributed by atoms with E-state index in [1.165, 1.54) is 24.6 Å². The minimum Gasteiger partial charge on any atom is -0.310 e. The maximum Gasteiger partial charge on any atom is 0.0656 e. The molecule has 0 bridgehead atoms. The maximum atomic E-state index is 3.68. The lowest BCUT2D eigenvalue weighted by Gasteiger charge is -2.16. The van der Waals surface area contributed by atoms with E-state index < -0.39 is 0 Å². The zero-order valence-electron chi connectivity index (χ0n) is 11.4. The van der Waals surface area contributed by atoms with Gasteiger partial charge in [0.1, 0.15) is 0 Å². The number of thiophene rings is 2. The number of nitrogens with one attached hydrogen (secondary N) is 1. The number of halogens is 1. The van der Waals surface area contributed by atoms with Crippen molar-refractivity contribution in [3.8, 4) is 0 Å². The molecule has 2 rings (SSSR count). The Labute approximate surface area is 137 Å². The molecule has 0 amide bonds. The van der Waals surface area contributed by atoms with Gasteiger partial charge in [-0.25, -0.2) is 0 Å². The van der Waals surface area contributed by atoms with Crippen LogP contribution in [-0.2, 0) is 12.8 Å². The summed E-state index contributed by atoms with van der Waals surface area (Å²) in [7, 11) is 0. The van der Waals surface area contributed by atoms with Crippen LogP contribution in [0.25, 0.3) is 0 Å². The molecule has 1 N–H and O–H groups in total. The Morgan fingerprint density at radius 3 is 2.63 bits per heavy atom. The Kier molecular flexibility index (Phi) is 6.32. The molecule has 2 aromatic rings. The molecule has 0 aliphatic heterocycles. The molecule has 0 spiro atoms. The molecular formula is C15H20INS2. The van der Waals surface area contributed by atoms with Crippen LogP contribution in [0.3, 0.4) is 0 Å². The highest BCUT2D eigenvalue weighted by atomic mass is 127. The molecule has 4 heteroatoms. The van der Waals surface area contributed by atoms with Crippen LogP contribution in [0.2, 0.25) is 0 Å². The molecular weight excluding hydrogens is 385 g/mol. The molecule has 2 aromatic heterocycles. The Hall–Kier alpha value is 0.0900. The second-order valence-electron chi connectivity index (χ2n) is 4.62. The van der Waals surface area contributed by atoms with Gasteiger partial charge in [0.15, 0.2) is 0 Å². The standard InChI is InChI=1S/C15H20INS2/c1-3-7-17-14(11-8-15(16)18-10-11)9-13-6-5-12(4-2)19-13/h5-6,8,10,14,17H,3-4,7,9H2,1-2H3. The van der Waals surface area contributed by atoms with E-state index in [0.717, 1.165) is 19.4 Å². The monoisotopic (exact) mass is 405 g/mol. The summed E-state index contributed by atoms with van der Waals surface area (Å²) in [5, 5.41) is 5.98. The van der Waals surface area contributed by atoms with E-state index in [2.05, 4.69) is 65.3 Å². The number of hydrogen-bond acceptors (Lipinski definition) is 3. The lowest BCUT2D eigenvalue weighted by atomic mass is 10.1. The van der Waals surface area contributed by atoms with Crippen LogP contribution in [0.15, 0.2) is 23.6 Å². The van der Waals surface area contributed by atoms with Gasteiger partial charge < -0.3 is 5.32 Å². The molecule has 0 aliphatic rings. The number of rotatable bonds is 7. The van der Waals surface area contributed by atoms with Gasteiger partial charge in [-0.1, -0.05) is 13.8 Å². The van der Waals surface area contributed by atoms with Crippen molar-refractivity contribution in [1.29, 1.82) is 0 Å². The van der Waals surface area contributed by atoms with Gasteiger partial charge >= 0.3 is 0 Å². The van der Waals surface area contributed by atoms with E-state index in [4.69, 9.17) is 0 Å². The van der Waals surface area contributed by atoms with Gasteiger partial charge in [-0.05, 0) is 71.1 Å². The molecule has 2 heterocycles. The fourth-order valence-electron chi connectivity index (χ4n) is 2.06. The topological polar surface area (TPSA) is 12.0 Å². The minimum atomic E-state index is 0.461. The lowest BCUT2D eigenvalue weighted by Crippen LogP contribution is -2.23. The second-order valence-corrected chi connectivity index (χ2v) is 8.67. The number of hydrogen-bond donors (Lipinski definition) is 1. The highest BCUT2D eigenvalue weighted by Gasteiger charge is 2.14. The van der Waals surface area contributed by atoms with E-state index in [1.807, 2.05) is 22.7 Å². The highest BCUT2D eigenvalue weighted by Crippen LogP contribution is 2.27. The summed E-state index contributed by atoms with van der Waals surface area (Å²) < 4.78 is 1.37. The Balaban J connectivity index is 2.09. The molecule has 0 aromatic carbocycles. The first-order valence-corrected chi connectivity index (χ1v) is 9.55. The molecule has 0 radical (unpaired) electrons. The average molecular weight is 405 g/mol. The van der Waals surface area contributed by atoms with Crippen LogP contribution in [0.1, 0.15) is 41.6 Å². The smallest absolute Gasteiger partial charge is 0.0656 e. The molecule has 1 unspecified atom stereocenters. The molecule has 0 saturated heterocycles. The summed E-state index contributed by atoms with van der Waals surface area (Å²) in [5.74, 6) is 0. The van der Waals surface area contributed by atoms with Crippen LogP contribution in [0.4, 0.5) is 0 Å². The van der Waals surface area contributed by atoms with Gasteiger partial charge in [-0.15, -0.1) is 22.7 Å². The largest absolute Gasteiger partial charge is 0.310 e. The predicted molar refractivity (Wildman–Crippen MR) is 95.5 cm³/mol. The Morgan fingerprint density at radius 2 is 2.05 bits per heavy atom. The van der Waals surface area contributed by atoms with E-state index in [1.54, 1.807) is 0 Å². The first-order chi connectivity index (χ1) is 9.22. The molecule has 1 nitrogen and oxygen atoms in total. The average Bonchev–Trinajstić information content (AvgIpc) is 3.03. The third-order valence-electron chi connectivity index (χ3n) is 3.10. The van der Waals surface area contributed by atoms with Crippen LogP contribution in [-0.4, -0.2) is 6.54 Å². The van der Waals surface area contributed by atoms with Crippen molar-refractivity contribution in [2.24, 2.45) is 0 Å². The highest BCUT2D eigenvalue weighted by molar-refractivity contribution is 14.1. The molecule has 1 atom stereocenters. The molecule has 19 heavy (non-hydrogen) atoms. The van der Waals surface area contributed by atoms with Crippen LogP contribution < -0.4 is 5.32 Å². The molecule has 0 aliphatic carbocycles. The van der Waals surface area contributed by atoms with Gasteiger partial charge in [0, 0.05) is 22.2 Å². The van der Waals surface area contributed by atoms with Gasteiger partial charge in [0.05, 0.1) is 2.88 Å². The molecule has 0 fully saturated rings.